The lowest BCUT2D eigenvalue weighted by Crippen LogP contribution is -2.41. The van der Waals surface area contributed by atoms with Gasteiger partial charge in [0.2, 0.25) is 0 Å². The summed E-state index contributed by atoms with van der Waals surface area (Å²) in [5, 5.41) is 2.61. The van der Waals surface area contributed by atoms with Crippen molar-refractivity contribution in [2.45, 2.75) is 46.8 Å². The quantitative estimate of drug-likeness (QED) is 0.551. The number of ether oxygens (including phenoxy) is 1. The molecule has 2 aromatic carbocycles. The number of hydrogen-bond acceptors (Lipinski definition) is 4. The zero-order chi connectivity index (χ0) is 23.1. The van der Waals surface area contributed by atoms with Gasteiger partial charge < -0.3 is 10.1 Å². The third-order valence-corrected chi connectivity index (χ3v) is 6.02. The van der Waals surface area contributed by atoms with E-state index in [1.54, 1.807) is 6.07 Å². The molecule has 1 atom stereocenters. The second-order valence-corrected chi connectivity index (χ2v) is 7.89. The first-order valence-corrected chi connectivity index (χ1v) is 9.75. The fourth-order valence-electron chi connectivity index (χ4n) is 3.74. The fraction of sp³-hybridized carbons (Fsp3) is 0.348. The van der Waals surface area contributed by atoms with Gasteiger partial charge in [-0.25, -0.2) is 4.79 Å². The van der Waals surface area contributed by atoms with E-state index >= 15 is 0 Å². The van der Waals surface area contributed by atoms with Crippen molar-refractivity contribution < 1.29 is 27.9 Å². The molecule has 0 aromatic heterocycles. The van der Waals surface area contributed by atoms with Crippen LogP contribution in [0.15, 0.2) is 30.3 Å². The summed E-state index contributed by atoms with van der Waals surface area (Å²) in [6, 6.07) is 6.53. The van der Waals surface area contributed by atoms with Crippen LogP contribution in [0.2, 0.25) is 0 Å². The van der Waals surface area contributed by atoms with Gasteiger partial charge in [-0.15, -0.1) is 0 Å². The number of nitrogens with one attached hydrogen (secondary N) is 1. The molecule has 0 saturated carbocycles. The molecule has 1 N–H and O–H groups in total. The first-order chi connectivity index (χ1) is 14.5. The van der Waals surface area contributed by atoms with E-state index < -0.39 is 30.6 Å². The first kappa shape index (κ1) is 22.4. The highest BCUT2D eigenvalue weighted by Gasteiger charge is 2.49. The van der Waals surface area contributed by atoms with Gasteiger partial charge in [0.1, 0.15) is 11.3 Å². The second kappa shape index (κ2) is 8.09. The van der Waals surface area contributed by atoms with Crippen molar-refractivity contribution in [1.82, 2.24) is 10.2 Å². The summed E-state index contributed by atoms with van der Waals surface area (Å²) in [6.45, 7) is 5.81. The molecule has 1 fully saturated rings. The summed E-state index contributed by atoms with van der Waals surface area (Å²) < 4.78 is 29.0. The molecule has 164 valence electrons. The van der Waals surface area contributed by atoms with Gasteiger partial charge in [-0.05, 0) is 80.6 Å². The Balaban J connectivity index is 1.84. The van der Waals surface area contributed by atoms with Gasteiger partial charge in [-0.3, -0.25) is 14.5 Å². The molecule has 0 radical (unpaired) electrons. The molecule has 1 aliphatic heterocycles. The highest BCUT2D eigenvalue weighted by molar-refractivity contribution is 6.11. The monoisotopic (exact) mass is 430 g/mol. The number of ketones is 1. The highest BCUT2D eigenvalue weighted by Crippen LogP contribution is 2.31. The minimum atomic E-state index is -2.96. The maximum Gasteiger partial charge on any atom is 0.387 e. The molecule has 1 unspecified atom stereocenters. The van der Waals surface area contributed by atoms with Crippen LogP contribution < -0.4 is 10.1 Å². The van der Waals surface area contributed by atoms with Crippen LogP contribution in [-0.2, 0) is 10.3 Å². The largest absolute Gasteiger partial charge is 0.435 e. The van der Waals surface area contributed by atoms with Crippen molar-refractivity contribution in [2.24, 2.45) is 0 Å². The average Bonchev–Trinajstić information content (AvgIpc) is 2.93. The maximum absolute atomic E-state index is 13.1. The predicted octanol–water partition coefficient (Wildman–Crippen LogP) is 4.17. The van der Waals surface area contributed by atoms with Crippen LogP contribution in [0, 0.1) is 27.7 Å². The highest BCUT2D eigenvalue weighted by atomic mass is 19.3. The van der Waals surface area contributed by atoms with E-state index in [0.717, 1.165) is 27.2 Å². The molecular weight excluding hydrogens is 406 g/mol. The van der Waals surface area contributed by atoms with Crippen LogP contribution in [0.25, 0.3) is 0 Å². The number of imide groups is 1. The van der Waals surface area contributed by atoms with Crippen molar-refractivity contribution in [1.29, 1.82) is 0 Å². The van der Waals surface area contributed by atoms with E-state index in [0.29, 0.717) is 11.1 Å². The van der Waals surface area contributed by atoms with Crippen molar-refractivity contribution in [3.63, 3.8) is 0 Å². The number of nitrogens with zero attached hydrogens (tertiary/aromatic N) is 1. The number of urea groups is 1. The summed E-state index contributed by atoms with van der Waals surface area (Å²) in [7, 11) is 0. The molecule has 1 saturated heterocycles. The standard InChI is InChI=1S/C23H24F2N2O4/c1-12-10-18(15(4)14(3)13(12)2)19(28)11-27-20(29)23(5,26-22(27)30)16-6-8-17(9-7-16)31-21(24)25/h6-10,21H,11H2,1-5H3,(H,26,30). The lowest BCUT2D eigenvalue weighted by Gasteiger charge is -2.22. The molecule has 8 heteroatoms. The van der Waals surface area contributed by atoms with Crippen LogP contribution in [0.5, 0.6) is 5.75 Å². The van der Waals surface area contributed by atoms with Crippen molar-refractivity contribution in [3.8, 4) is 5.75 Å². The molecule has 0 bridgehead atoms. The smallest absolute Gasteiger partial charge is 0.387 e. The van der Waals surface area contributed by atoms with Crippen LogP contribution in [0.3, 0.4) is 0 Å². The van der Waals surface area contributed by atoms with Gasteiger partial charge >= 0.3 is 12.6 Å². The Labute approximate surface area is 179 Å². The molecular formula is C23H24F2N2O4. The van der Waals surface area contributed by atoms with Crippen molar-refractivity contribution in [2.75, 3.05) is 6.54 Å². The number of Topliss-reactive ketones (excluding diaryl/α,β-unsaturated/α-hetero) is 1. The van der Waals surface area contributed by atoms with Crippen LogP contribution in [-0.4, -0.2) is 35.8 Å². The molecule has 31 heavy (non-hydrogen) atoms. The van der Waals surface area contributed by atoms with E-state index in [2.05, 4.69) is 10.1 Å². The molecule has 0 aliphatic carbocycles. The number of hydrogen-bond donors (Lipinski definition) is 1. The van der Waals surface area contributed by atoms with Gasteiger partial charge in [0, 0.05) is 5.56 Å². The lowest BCUT2D eigenvalue weighted by molar-refractivity contribution is -0.130. The average molecular weight is 430 g/mol. The number of aryl methyl sites for hydroxylation is 1. The van der Waals surface area contributed by atoms with Gasteiger partial charge in [-0.2, -0.15) is 8.78 Å². The number of rotatable bonds is 6. The van der Waals surface area contributed by atoms with Gasteiger partial charge in [0.15, 0.2) is 5.78 Å². The normalized spacial score (nSPS) is 18.5. The zero-order valence-electron chi connectivity index (χ0n) is 18.0. The van der Waals surface area contributed by atoms with Gasteiger partial charge in [-0.1, -0.05) is 12.1 Å². The number of carbonyl (C=O) groups excluding carboxylic acids is 3. The first-order valence-electron chi connectivity index (χ1n) is 9.75. The molecule has 2 aromatic rings. The molecule has 1 aliphatic rings. The van der Waals surface area contributed by atoms with Crippen molar-refractivity contribution >= 4 is 17.7 Å². The van der Waals surface area contributed by atoms with E-state index in [4.69, 9.17) is 0 Å². The van der Waals surface area contributed by atoms with E-state index in [9.17, 15) is 23.2 Å². The number of halogens is 2. The summed E-state index contributed by atoms with van der Waals surface area (Å²) in [5.41, 5.74) is 3.31. The maximum atomic E-state index is 13.1. The van der Waals surface area contributed by atoms with E-state index in [1.807, 2.05) is 27.7 Å². The number of carbonyl (C=O) groups is 3. The van der Waals surface area contributed by atoms with Gasteiger partial charge in [0.25, 0.3) is 5.91 Å². The third-order valence-electron chi connectivity index (χ3n) is 6.02. The van der Waals surface area contributed by atoms with Crippen LogP contribution in [0.4, 0.5) is 13.6 Å². The molecule has 1 heterocycles. The summed E-state index contributed by atoms with van der Waals surface area (Å²) in [4.78, 5) is 39.5. The Bertz CT molecular complexity index is 1070. The zero-order valence-corrected chi connectivity index (χ0v) is 18.0. The molecule has 3 rings (SSSR count). The summed E-state index contributed by atoms with van der Waals surface area (Å²) in [5.74, 6) is -0.990. The fourth-order valence-corrected chi connectivity index (χ4v) is 3.74. The SMILES string of the molecule is Cc1cc(C(=O)CN2C(=O)NC(C)(c3ccc(OC(F)F)cc3)C2=O)c(C)c(C)c1C. The number of benzene rings is 2. The number of alkyl halides is 2. The molecule has 3 amide bonds. The Kier molecular flexibility index (Phi) is 5.85. The second-order valence-electron chi connectivity index (χ2n) is 7.89. The Morgan fingerprint density at radius 2 is 1.68 bits per heavy atom. The number of amides is 3. The van der Waals surface area contributed by atoms with Gasteiger partial charge in [0.05, 0.1) is 6.54 Å². The Morgan fingerprint density at radius 1 is 1.06 bits per heavy atom. The molecule has 6 nitrogen and oxygen atoms in total. The topological polar surface area (TPSA) is 75.7 Å². The minimum Gasteiger partial charge on any atom is -0.435 e. The summed E-state index contributed by atoms with van der Waals surface area (Å²) in [6.07, 6.45) is 0. The minimum absolute atomic E-state index is 0.0632. The third kappa shape index (κ3) is 4.02. The van der Waals surface area contributed by atoms with Crippen molar-refractivity contribution in [3.05, 3.63) is 63.7 Å². The summed E-state index contributed by atoms with van der Waals surface area (Å²) >= 11 is 0. The Hall–Kier alpha value is -3.29. The lowest BCUT2D eigenvalue weighted by atomic mass is 9.91. The van der Waals surface area contributed by atoms with E-state index in [1.165, 1.54) is 31.2 Å². The van der Waals surface area contributed by atoms with Crippen LogP contribution >= 0.6 is 0 Å². The van der Waals surface area contributed by atoms with Crippen LogP contribution in [0.1, 0.15) is 45.1 Å². The predicted molar refractivity (Wildman–Crippen MR) is 110 cm³/mol. The molecule has 0 spiro atoms. The Morgan fingerprint density at radius 3 is 2.26 bits per heavy atom. The van der Waals surface area contributed by atoms with E-state index in [-0.39, 0.29) is 11.5 Å².